The maximum Gasteiger partial charge on any atom is 0.143 e. The van der Waals surface area contributed by atoms with Crippen LogP contribution in [0.1, 0.15) is 0 Å². The number of aromatic nitrogens is 3. The van der Waals surface area contributed by atoms with E-state index in [0.717, 1.165) is 110 Å². The van der Waals surface area contributed by atoms with Crippen LogP contribution in [0, 0.1) is 0 Å². The molecule has 0 N–H and O–H groups in total. The fourth-order valence-corrected chi connectivity index (χ4v) is 9.19. The molecule has 12 rings (SSSR count). The van der Waals surface area contributed by atoms with Gasteiger partial charge >= 0.3 is 0 Å². The molecule has 12 aromatic rings. The summed E-state index contributed by atoms with van der Waals surface area (Å²) in [6.45, 7) is 0. The smallest absolute Gasteiger partial charge is 0.143 e. The van der Waals surface area contributed by atoms with Gasteiger partial charge in [0.15, 0.2) is 0 Å². The zero-order valence-corrected chi connectivity index (χ0v) is 30.8. The molecule has 0 amide bonds. The summed E-state index contributed by atoms with van der Waals surface area (Å²) in [4.78, 5) is 5.23. The molecule has 9 aromatic carbocycles. The molecule has 0 fully saturated rings. The van der Waals surface area contributed by atoms with Gasteiger partial charge in [-0.2, -0.15) is 0 Å². The molecule has 3 aromatic heterocycles. The van der Waals surface area contributed by atoms with Gasteiger partial charge in [0.25, 0.3) is 0 Å². The third-order valence-corrected chi connectivity index (χ3v) is 11.6. The van der Waals surface area contributed by atoms with Gasteiger partial charge in [-0.05, 0) is 93.2 Å². The van der Waals surface area contributed by atoms with Crippen molar-refractivity contribution in [2.75, 3.05) is 0 Å². The van der Waals surface area contributed by atoms with Crippen molar-refractivity contribution >= 4 is 87.2 Å². The number of hydrogen-bond acceptors (Lipinski definition) is 2. The van der Waals surface area contributed by atoms with Crippen molar-refractivity contribution in [3.63, 3.8) is 0 Å². The second kappa shape index (κ2) is 12.4. The predicted molar refractivity (Wildman–Crippen MR) is 238 cm³/mol. The fourth-order valence-electron chi connectivity index (χ4n) is 9.19. The van der Waals surface area contributed by atoms with E-state index in [4.69, 9.17) is 9.40 Å². The van der Waals surface area contributed by atoms with Gasteiger partial charge in [0.2, 0.25) is 0 Å². The lowest BCUT2D eigenvalue weighted by molar-refractivity contribution is 0.670. The Morgan fingerprint density at radius 3 is 1.60 bits per heavy atom. The Kier molecular flexibility index (Phi) is 6.89. The van der Waals surface area contributed by atoms with Crippen LogP contribution in [0.25, 0.3) is 110 Å². The minimum absolute atomic E-state index is 0.890. The van der Waals surface area contributed by atoms with E-state index in [2.05, 4.69) is 197 Å². The quantitative estimate of drug-likeness (QED) is 0.170. The summed E-state index contributed by atoms with van der Waals surface area (Å²) >= 11 is 0. The standard InChI is InChI=1S/C53H33N3O/c1-3-16-34(17-4-1)55-46-28-10-11-29-47(46)56(35-18-5-2-6-19-35)49-33-45-44(32-48(49)55)36-20-7-8-22-38(36)51-39(41-27-15-31-54-52(41)45)23-13-24-40(51)43-26-14-25-42-37-21-9-12-30-50(37)57-53(42)43/h1-33H. The summed E-state index contributed by atoms with van der Waals surface area (Å²) in [6.07, 6.45) is 1.93. The van der Waals surface area contributed by atoms with Crippen LogP contribution in [0.2, 0.25) is 0 Å². The molecule has 0 atom stereocenters. The third kappa shape index (κ3) is 4.71. The topological polar surface area (TPSA) is 35.9 Å². The Labute approximate surface area is 327 Å². The van der Waals surface area contributed by atoms with E-state index < -0.39 is 0 Å². The van der Waals surface area contributed by atoms with Crippen molar-refractivity contribution in [3.05, 3.63) is 200 Å². The van der Waals surface area contributed by atoms with Gasteiger partial charge in [0, 0.05) is 44.7 Å². The average molecular weight is 728 g/mol. The summed E-state index contributed by atoms with van der Waals surface area (Å²) in [7, 11) is 0. The van der Waals surface area contributed by atoms with Crippen molar-refractivity contribution in [2.45, 2.75) is 0 Å². The molecule has 0 aliphatic heterocycles. The van der Waals surface area contributed by atoms with E-state index in [1.165, 1.54) is 0 Å². The lowest BCUT2D eigenvalue weighted by Gasteiger charge is -2.23. The van der Waals surface area contributed by atoms with E-state index in [9.17, 15) is 0 Å². The van der Waals surface area contributed by atoms with Crippen molar-refractivity contribution in [3.8, 4) is 22.5 Å². The Morgan fingerprint density at radius 1 is 0.351 bits per heavy atom. The molecule has 3 heterocycles. The molecular formula is C53H33N3O. The molecule has 0 saturated heterocycles. The Bertz CT molecular complexity index is 3630. The number of rotatable bonds is 3. The summed E-state index contributed by atoms with van der Waals surface area (Å²) in [5.41, 5.74) is 11.5. The number of pyridine rings is 1. The molecule has 4 heteroatoms. The third-order valence-electron chi connectivity index (χ3n) is 11.6. The van der Waals surface area contributed by atoms with Crippen molar-refractivity contribution < 1.29 is 4.42 Å². The maximum absolute atomic E-state index is 6.67. The molecule has 4 nitrogen and oxygen atoms in total. The van der Waals surface area contributed by atoms with Crippen LogP contribution in [0.5, 0.6) is 0 Å². The van der Waals surface area contributed by atoms with Gasteiger partial charge in [-0.3, -0.25) is 4.98 Å². The number of fused-ring (bicyclic) bond motifs is 13. The van der Waals surface area contributed by atoms with E-state index in [1.807, 2.05) is 12.3 Å². The lowest BCUT2D eigenvalue weighted by Crippen LogP contribution is -2.08. The van der Waals surface area contributed by atoms with Crippen LogP contribution >= 0.6 is 0 Å². The highest BCUT2D eigenvalue weighted by Gasteiger charge is 2.20. The maximum atomic E-state index is 6.67. The first-order valence-corrected chi connectivity index (χ1v) is 19.4. The fraction of sp³-hybridized carbons (Fsp3) is 0. The average Bonchev–Trinajstić information content (AvgIpc) is 3.67. The first kappa shape index (κ1) is 31.6. The molecule has 0 spiro atoms. The van der Waals surface area contributed by atoms with Gasteiger partial charge < -0.3 is 13.6 Å². The van der Waals surface area contributed by atoms with Gasteiger partial charge in [0.05, 0.1) is 27.6 Å². The molecule has 0 aliphatic rings. The zero-order chi connectivity index (χ0) is 37.5. The van der Waals surface area contributed by atoms with E-state index in [0.29, 0.717) is 0 Å². The molecule has 57 heavy (non-hydrogen) atoms. The van der Waals surface area contributed by atoms with Gasteiger partial charge in [-0.1, -0.05) is 133 Å². The van der Waals surface area contributed by atoms with Crippen LogP contribution in [0.4, 0.5) is 0 Å². The van der Waals surface area contributed by atoms with E-state index in [-0.39, 0.29) is 0 Å². The summed E-state index contributed by atoms with van der Waals surface area (Å²) in [5.74, 6) is 0. The minimum atomic E-state index is 0.890. The van der Waals surface area contributed by atoms with Crippen molar-refractivity contribution in [1.82, 2.24) is 14.1 Å². The van der Waals surface area contributed by atoms with Crippen molar-refractivity contribution in [2.24, 2.45) is 0 Å². The monoisotopic (exact) mass is 727 g/mol. The number of para-hydroxylation sites is 6. The SMILES string of the molecule is c1ccc(-n2c3ccccc3n(-c3ccccc3)c3cc4c(cc32)c2ccccc2c2c(-c3cccc5c3oc3ccccc35)cccc2c2cccnc42)cc1. The van der Waals surface area contributed by atoms with Gasteiger partial charge in [0.1, 0.15) is 11.2 Å². The Balaban J connectivity index is 1.33. The van der Waals surface area contributed by atoms with Crippen LogP contribution in [-0.4, -0.2) is 14.1 Å². The summed E-state index contributed by atoms with van der Waals surface area (Å²) in [6, 6.07) is 69.5. The van der Waals surface area contributed by atoms with Gasteiger partial charge in [-0.25, -0.2) is 0 Å². The van der Waals surface area contributed by atoms with E-state index >= 15 is 0 Å². The van der Waals surface area contributed by atoms with Crippen LogP contribution in [0.15, 0.2) is 205 Å². The molecule has 266 valence electrons. The number of nitrogens with zero attached hydrogens (tertiary/aromatic N) is 3. The van der Waals surface area contributed by atoms with Gasteiger partial charge in [-0.15, -0.1) is 0 Å². The first-order valence-electron chi connectivity index (χ1n) is 19.4. The predicted octanol–water partition coefficient (Wildman–Crippen LogP) is 14.3. The second-order valence-corrected chi connectivity index (χ2v) is 14.7. The minimum Gasteiger partial charge on any atom is -0.455 e. The van der Waals surface area contributed by atoms with Crippen molar-refractivity contribution in [1.29, 1.82) is 0 Å². The molecule has 0 bridgehead atoms. The summed E-state index contributed by atoms with van der Waals surface area (Å²) in [5, 5.41) is 10.1. The largest absolute Gasteiger partial charge is 0.455 e. The molecule has 0 unspecified atom stereocenters. The number of benzene rings is 8. The normalized spacial score (nSPS) is 11.9. The Morgan fingerprint density at radius 2 is 0.877 bits per heavy atom. The number of furan rings is 1. The van der Waals surface area contributed by atoms with Crippen LogP contribution < -0.4 is 0 Å². The second-order valence-electron chi connectivity index (χ2n) is 14.7. The molecular weight excluding hydrogens is 695 g/mol. The van der Waals surface area contributed by atoms with Crippen LogP contribution in [0.3, 0.4) is 0 Å². The highest BCUT2D eigenvalue weighted by Crippen LogP contribution is 2.44. The first-order chi connectivity index (χ1) is 28.3. The van der Waals surface area contributed by atoms with Crippen LogP contribution in [-0.2, 0) is 0 Å². The molecule has 0 aliphatic carbocycles. The lowest BCUT2D eigenvalue weighted by atomic mass is 9.90. The highest BCUT2D eigenvalue weighted by atomic mass is 16.3. The molecule has 0 saturated carbocycles. The zero-order valence-electron chi connectivity index (χ0n) is 30.8. The highest BCUT2D eigenvalue weighted by molar-refractivity contribution is 6.29. The summed E-state index contributed by atoms with van der Waals surface area (Å²) < 4.78 is 11.5. The Hall–Kier alpha value is -7.69. The van der Waals surface area contributed by atoms with E-state index in [1.54, 1.807) is 0 Å². The number of hydrogen-bond donors (Lipinski definition) is 0. The molecule has 0 radical (unpaired) electrons.